The fraction of sp³-hybridized carbons (Fsp3) is 0.409. The normalized spacial score (nSPS) is 15.7. The number of Topliss-reactive ketones (excluding diaryl/α,β-unsaturated/α-hetero) is 1. The number of amides is 1. The molecular formula is C22H25NO5S2. The summed E-state index contributed by atoms with van der Waals surface area (Å²) < 4.78 is 10.9. The molecule has 1 aliphatic heterocycles. The van der Waals surface area contributed by atoms with Crippen molar-refractivity contribution in [2.24, 2.45) is 0 Å². The number of benzene rings is 1. The van der Waals surface area contributed by atoms with E-state index in [1.165, 1.54) is 18.3 Å². The van der Waals surface area contributed by atoms with Crippen LogP contribution in [-0.2, 0) is 20.7 Å². The van der Waals surface area contributed by atoms with Crippen molar-refractivity contribution in [3.05, 3.63) is 51.7 Å². The van der Waals surface area contributed by atoms with E-state index in [0.29, 0.717) is 23.4 Å². The Morgan fingerprint density at radius 1 is 1.23 bits per heavy atom. The van der Waals surface area contributed by atoms with Gasteiger partial charge in [0.25, 0.3) is 0 Å². The third-order valence-corrected chi connectivity index (χ3v) is 6.96. The second-order valence-electron chi connectivity index (χ2n) is 6.94. The number of esters is 1. The van der Waals surface area contributed by atoms with E-state index in [-0.39, 0.29) is 24.4 Å². The van der Waals surface area contributed by atoms with Crippen LogP contribution in [0.15, 0.2) is 41.3 Å². The summed E-state index contributed by atoms with van der Waals surface area (Å²) in [5.41, 5.74) is 0.468. The zero-order chi connectivity index (χ0) is 21.3. The lowest BCUT2D eigenvalue weighted by molar-refractivity contribution is -0.118. The number of rotatable bonds is 10. The molecule has 1 saturated heterocycles. The van der Waals surface area contributed by atoms with E-state index in [4.69, 9.17) is 9.47 Å². The number of ether oxygens (including phenoxy) is 2. The zero-order valence-corrected chi connectivity index (χ0v) is 18.5. The van der Waals surface area contributed by atoms with Gasteiger partial charge in [-0.1, -0.05) is 12.1 Å². The molecule has 3 rings (SSSR count). The molecule has 2 heterocycles. The van der Waals surface area contributed by atoms with Crippen LogP contribution in [0.4, 0.5) is 0 Å². The van der Waals surface area contributed by atoms with E-state index in [1.807, 2.05) is 18.2 Å². The summed E-state index contributed by atoms with van der Waals surface area (Å²) in [6.45, 7) is 2.50. The number of thioether (sulfide) groups is 1. The molecule has 160 valence electrons. The van der Waals surface area contributed by atoms with Crippen LogP contribution in [0.1, 0.15) is 44.7 Å². The molecule has 30 heavy (non-hydrogen) atoms. The van der Waals surface area contributed by atoms with Crippen molar-refractivity contribution in [3.63, 3.8) is 0 Å². The Bertz CT molecular complexity index is 889. The molecule has 1 unspecified atom stereocenters. The predicted molar refractivity (Wildman–Crippen MR) is 117 cm³/mol. The highest BCUT2D eigenvalue weighted by Crippen LogP contribution is 2.27. The largest absolute Gasteiger partial charge is 0.454 e. The second-order valence-corrected chi connectivity index (χ2v) is 9.17. The van der Waals surface area contributed by atoms with Crippen molar-refractivity contribution >= 4 is 40.8 Å². The fourth-order valence-electron chi connectivity index (χ4n) is 3.02. The van der Waals surface area contributed by atoms with E-state index >= 15 is 0 Å². The molecule has 1 N–H and O–H groups in total. The maximum Gasteiger partial charge on any atom is 0.339 e. The van der Waals surface area contributed by atoms with Gasteiger partial charge in [-0.15, -0.1) is 23.1 Å². The molecule has 8 heteroatoms. The summed E-state index contributed by atoms with van der Waals surface area (Å²) in [7, 11) is 0. The first-order valence-corrected chi connectivity index (χ1v) is 11.7. The number of carbonyl (C=O) groups is 3. The second kappa shape index (κ2) is 11.3. The first kappa shape index (κ1) is 22.5. The highest BCUT2D eigenvalue weighted by atomic mass is 32.2. The topological polar surface area (TPSA) is 81.7 Å². The van der Waals surface area contributed by atoms with Gasteiger partial charge in [0.15, 0.2) is 6.61 Å². The lowest BCUT2D eigenvalue weighted by Gasteiger charge is -2.11. The van der Waals surface area contributed by atoms with E-state index in [2.05, 4.69) is 5.32 Å². The minimum atomic E-state index is -0.499. The Balaban J connectivity index is 1.51. The van der Waals surface area contributed by atoms with Crippen LogP contribution < -0.4 is 5.32 Å². The van der Waals surface area contributed by atoms with E-state index < -0.39 is 5.97 Å². The molecule has 1 aromatic heterocycles. The van der Waals surface area contributed by atoms with Gasteiger partial charge in [0.1, 0.15) is 0 Å². The molecule has 0 bridgehead atoms. The van der Waals surface area contributed by atoms with Crippen LogP contribution >= 0.6 is 23.1 Å². The molecule has 1 atom stereocenters. The van der Waals surface area contributed by atoms with Gasteiger partial charge in [-0.3, -0.25) is 9.59 Å². The minimum Gasteiger partial charge on any atom is -0.454 e. The van der Waals surface area contributed by atoms with Gasteiger partial charge in [-0.2, -0.15) is 0 Å². The SMILES string of the molecule is CC(=O)NCCc1ccc(C(=O)COC(=O)c2ccccc2SCC2CCCO2)s1. The third kappa shape index (κ3) is 6.68. The number of nitrogens with one attached hydrogen (secondary N) is 1. The summed E-state index contributed by atoms with van der Waals surface area (Å²) in [5, 5.41) is 2.73. The van der Waals surface area contributed by atoms with Gasteiger partial charge in [-0.05, 0) is 43.5 Å². The Labute approximate surface area is 184 Å². The molecule has 6 nitrogen and oxygen atoms in total. The number of carbonyl (C=O) groups excluding carboxylic acids is 3. The summed E-state index contributed by atoms with van der Waals surface area (Å²) >= 11 is 2.93. The molecule has 0 saturated carbocycles. The summed E-state index contributed by atoms with van der Waals surface area (Å²) in [6, 6.07) is 10.9. The van der Waals surface area contributed by atoms with Crippen molar-refractivity contribution < 1.29 is 23.9 Å². The van der Waals surface area contributed by atoms with Crippen LogP contribution in [0.3, 0.4) is 0 Å². The molecule has 1 fully saturated rings. The van der Waals surface area contributed by atoms with Gasteiger partial charge in [-0.25, -0.2) is 4.79 Å². The zero-order valence-electron chi connectivity index (χ0n) is 16.8. The van der Waals surface area contributed by atoms with E-state index in [9.17, 15) is 14.4 Å². The van der Waals surface area contributed by atoms with E-state index in [0.717, 1.165) is 35.0 Å². The van der Waals surface area contributed by atoms with Gasteiger partial charge in [0.2, 0.25) is 11.7 Å². The average molecular weight is 448 g/mol. The van der Waals surface area contributed by atoms with Crippen LogP contribution in [0.25, 0.3) is 0 Å². The minimum absolute atomic E-state index is 0.0796. The van der Waals surface area contributed by atoms with Gasteiger partial charge >= 0.3 is 5.97 Å². The molecule has 0 spiro atoms. The lowest BCUT2D eigenvalue weighted by Crippen LogP contribution is -2.22. The average Bonchev–Trinajstić information content (AvgIpc) is 3.42. The third-order valence-electron chi connectivity index (χ3n) is 4.57. The Hall–Kier alpha value is -2.16. The molecule has 1 aliphatic rings. The predicted octanol–water partition coefficient (Wildman–Crippen LogP) is 3.74. The van der Waals surface area contributed by atoms with Crippen molar-refractivity contribution in [2.75, 3.05) is 25.5 Å². The molecular weight excluding hydrogens is 422 g/mol. The van der Waals surface area contributed by atoms with Crippen LogP contribution in [-0.4, -0.2) is 49.3 Å². The molecule has 2 aromatic rings. The van der Waals surface area contributed by atoms with Crippen molar-refractivity contribution in [1.82, 2.24) is 5.32 Å². The van der Waals surface area contributed by atoms with Crippen molar-refractivity contribution in [2.45, 2.75) is 37.2 Å². The van der Waals surface area contributed by atoms with Gasteiger partial charge in [0, 0.05) is 35.6 Å². The first-order valence-electron chi connectivity index (χ1n) is 9.90. The van der Waals surface area contributed by atoms with Crippen LogP contribution in [0, 0.1) is 0 Å². The molecule has 1 aromatic carbocycles. The highest BCUT2D eigenvalue weighted by molar-refractivity contribution is 7.99. The summed E-state index contributed by atoms with van der Waals surface area (Å²) in [4.78, 5) is 38.3. The summed E-state index contributed by atoms with van der Waals surface area (Å²) in [6.07, 6.45) is 3.00. The number of hydrogen-bond donors (Lipinski definition) is 1. The summed E-state index contributed by atoms with van der Waals surface area (Å²) in [5.74, 6) is -0.0199. The molecule has 0 radical (unpaired) electrons. The lowest BCUT2D eigenvalue weighted by atomic mass is 10.2. The van der Waals surface area contributed by atoms with Crippen molar-refractivity contribution in [3.8, 4) is 0 Å². The van der Waals surface area contributed by atoms with Crippen LogP contribution in [0.2, 0.25) is 0 Å². The van der Waals surface area contributed by atoms with E-state index in [1.54, 1.807) is 30.0 Å². The fourth-order valence-corrected chi connectivity index (χ4v) is 5.07. The molecule has 0 aliphatic carbocycles. The molecule has 1 amide bonds. The monoisotopic (exact) mass is 447 g/mol. The van der Waals surface area contributed by atoms with Crippen LogP contribution in [0.5, 0.6) is 0 Å². The Kier molecular flexibility index (Phi) is 8.48. The quantitative estimate of drug-likeness (QED) is 0.339. The van der Waals surface area contributed by atoms with Gasteiger partial charge < -0.3 is 14.8 Å². The number of thiophene rings is 1. The maximum atomic E-state index is 12.6. The Morgan fingerprint density at radius 3 is 2.83 bits per heavy atom. The first-order chi connectivity index (χ1) is 14.5. The standard InChI is InChI=1S/C22H25NO5S2/c1-15(24)23-11-10-17-8-9-21(30-17)19(25)13-28-22(26)18-6-2-3-7-20(18)29-14-16-5-4-12-27-16/h2-3,6-9,16H,4-5,10-14H2,1H3,(H,23,24). The smallest absolute Gasteiger partial charge is 0.339 e. The van der Waals surface area contributed by atoms with Gasteiger partial charge in [0.05, 0.1) is 16.5 Å². The van der Waals surface area contributed by atoms with Crippen molar-refractivity contribution in [1.29, 1.82) is 0 Å². The highest BCUT2D eigenvalue weighted by Gasteiger charge is 2.19. The maximum absolute atomic E-state index is 12.6. The number of hydrogen-bond acceptors (Lipinski definition) is 7. The number of ketones is 1. The Morgan fingerprint density at radius 2 is 2.07 bits per heavy atom.